The van der Waals surface area contributed by atoms with Crippen LogP contribution in [0.1, 0.15) is 17.2 Å². The Balaban J connectivity index is 1.60. The number of rotatable bonds is 2. The monoisotopic (exact) mass is 363 g/mol. The standard InChI is InChI=1S/C18H16F3N3S/c19-18(20,21)13-6-7-14-16(10-13)25-17(23-14)24-9-8-22-15(11-24)12-4-2-1-3-5-12/h1-7,10,15,22H,8-9,11H2/t15-/m1/s1. The van der Waals surface area contributed by atoms with Gasteiger partial charge in [-0.25, -0.2) is 4.98 Å². The van der Waals surface area contributed by atoms with Crippen LogP contribution in [0.15, 0.2) is 48.5 Å². The lowest BCUT2D eigenvalue weighted by molar-refractivity contribution is -0.137. The fraction of sp³-hybridized carbons (Fsp3) is 0.278. The minimum Gasteiger partial charge on any atom is -0.345 e. The first-order chi connectivity index (χ1) is 12.0. The van der Waals surface area contributed by atoms with E-state index in [-0.39, 0.29) is 6.04 Å². The van der Waals surface area contributed by atoms with Gasteiger partial charge in [0.2, 0.25) is 0 Å². The molecule has 3 nitrogen and oxygen atoms in total. The molecule has 0 amide bonds. The van der Waals surface area contributed by atoms with Crippen LogP contribution in [0.5, 0.6) is 0 Å². The van der Waals surface area contributed by atoms with Gasteiger partial charge in [0.05, 0.1) is 15.8 Å². The molecular formula is C18H16F3N3S. The van der Waals surface area contributed by atoms with Gasteiger partial charge in [-0.15, -0.1) is 0 Å². The lowest BCUT2D eigenvalue weighted by Crippen LogP contribution is -2.45. The third-order valence-corrected chi connectivity index (χ3v) is 5.43. The van der Waals surface area contributed by atoms with E-state index in [1.807, 2.05) is 18.2 Å². The van der Waals surface area contributed by atoms with E-state index in [9.17, 15) is 13.2 Å². The van der Waals surface area contributed by atoms with E-state index in [1.54, 1.807) is 0 Å². The molecule has 0 spiro atoms. The topological polar surface area (TPSA) is 28.2 Å². The third kappa shape index (κ3) is 3.34. The first-order valence-corrected chi connectivity index (χ1v) is 8.83. The number of thiazole rings is 1. The van der Waals surface area contributed by atoms with Gasteiger partial charge in [0.1, 0.15) is 0 Å². The molecule has 1 aliphatic rings. The predicted octanol–water partition coefficient (Wildman–Crippen LogP) is 4.47. The minimum absolute atomic E-state index is 0.188. The van der Waals surface area contributed by atoms with Gasteiger partial charge in [-0.05, 0) is 23.8 Å². The molecule has 1 aliphatic heterocycles. The van der Waals surface area contributed by atoms with Gasteiger partial charge in [-0.1, -0.05) is 41.7 Å². The second-order valence-electron chi connectivity index (χ2n) is 6.04. The van der Waals surface area contributed by atoms with E-state index >= 15 is 0 Å². The molecule has 1 N–H and O–H groups in total. The van der Waals surface area contributed by atoms with Crippen LogP contribution in [0.2, 0.25) is 0 Å². The maximum absolute atomic E-state index is 12.9. The lowest BCUT2D eigenvalue weighted by Gasteiger charge is -2.33. The zero-order chi connectivity index (χ0) is 17.4. The summed E-state index contributed by atoms with van der Waals surface area (Å²) in [5.41, 5.74) is 1.19. The molecule has 0 unspecified atom stereocenters. The molecule has 2 heterocycles. The number of alkyl halides is 3. The molecule has 1 aromatic heterocycles. The zero-order valence-electron chi connectivity index (χ0n) is 13.3. The SMILES string of the molecule is FC(F)(F)c1ccc2nc(N3CCN[C@@H](c4ccccc4)C3)sc2c1. The van der Waals surface area contributed by atoms with Crippen molar-refractivity contribution in [3.05, 3.63) is 59.7 Å². The number of piperazine rings is 1. The Morgan fingerprint density at radius 2 is 1.92 bits per heavy atom. The molecule has 1 atom stereocenters. The summed E-state index contributed by atoms with van der Waals surface area (Å²) < 4.78 is 39.2. The second-order valence-corrected chi connectivity index (χ2v) is 7.05. The van der Waals surface area contributed by atoms with Crippen molar-refractivity contribution in [3.8, 4) is 0 Å². The lowest BCUT2D eigenvalue weighted by atomic mass is 10.1. The van der Waals surface area contributed by atoms with Crippen molar-refractivity contribution >= 4 is 26.7 Å². The molecule has 1 saturated heterocycles. The number of halogens is 3. The molecule has 0 bridgehead atoms. The number of benzene rings is 2. The summed E-state index contributed by atoms with van der Waals surface area (Å²) in [6, 6.07) is 14.1. The molecule has 0 aliphatic carbocycles. The van der Waals surface area contributed by atoms with Crippen molar-refractivity contribution < 1.29 is 13.2 Å². The fourth-order valence-electron chi connectivity index (χ4n) is 3.06. The van der Waals surface area contributed by atoms with Crippen molar-refractivity contribution in [2.24, 2.45) is 0 Å². The summed E-state index contributed by atoms with van der Waals surface area (Å²) in [6.07, 6.45) is -4.33. The van der Waals surface area contributed by atoms with Crippen LogP contribution in [0.4, 0.5) is 18.3 Å². The van der Waals surface area contributed by atoms with Crippen LogP contribution >= 0.6 is 11.3 Å². The molecule has 4 rings (SSSR count). The molecule has 2 aromatic carbocycles. The van der Waals surface area contributed by atoms with Crippen molar-refractivity contribution in [3.63, 3.8) is 0 Å². The Hall–Kier alpha value is -2.12. The van der Waals surface area contributed by atoms with Crippen molar-refractivity contribution in [1.82, 2.24) is 10.3 Å². The number of hydrogen-bond acceptors (Lipinski definition) is 4. The van der Waals surface area contributed by atoms with Gasteiger partial charge >= 0.3 is 6.18 Å². The Morgan fingerprint density at radius 1 is 1.12 bits per heavy atom. The number of anilines is 1. The molecule has 1 fully saturated rings. The van der Waals surface area contributed by atoms with Crippen LogP contribution in [-0.2, 0) is 6.18 Å². The summed E-state index contributed by atoms with van der Waals surface area (Å²) in [4.78, 5) is 6.68. The highest BCUT2D eigenvalue weighted by Gasteiger charge is 2.31. The maximum atomic E-state index is 12.9. The predicted molar refractivity (Wildman–Crippen MR) is 94.0 cm³/mol. The van der Waals surface area contributed by atoms with E-state index in [4.69, 9.17) is 0 Å². The first-order valence-electron chi connectivity index (χ1n) is 8.02. The smallest absolute Gasteiger partial charge is 0.345 e. The van der Waals surface area contributed by atoms with Gasteiger partial charge in [0.15, 0.2) is 5.13 Å². The minimum atomic E-state index is -4.33. The Bertz CT molecular complexity index is 876. The first kappa shape index (κ1) is 16.4. The van der Waals surface area contributed by atoms with E-state index in [1.165, 1.54) is 29.0 Å². The van der Waals surface area contributed by atoms with Gasteiger partial charge in [0, 0.05) is 25.7 Å². The highest BCUT2D eigenvalue weighted by Crippen LogP contribution is 2.36. The van der Waals surface area contributed by atoms with Gasteiger partial charge in [-0.3, -0.25) is 0 Å². The molecule has 7 heteroatoms. The number of fused-ring (bicyclic) bond motifs is 1. The summed E-state index contributed by atoms with van der Waals surface area (Å²) >= 11 is 1.32. The van der Waals surface area contributed by atoms with Crippen LogP contribution in [-0.4, -0.2) is 24.6 Å². The van der Waals surface area contributed by atoms with E-state index in [2.05, 4.69) is 27.3 Å². The summed E-state index contributed by atoms with van der Waals surface area (Å²) in [5.74, 6) is 0. The van der Waals surface area contributed by atoms with Crippen LogP contribution in [0.3, 0.4) is 0 Å². The summed E-state index contributed by atoms with van der Waals surface area (Å²) in [5, 5.41) is 4.26. The summed E-state index contributed by atoms with van der Waals surface area (Å²) in [7, 11) is 0. The Kier molecular flexibility index (Phi) is 4.13. The van der Waals surface area contributed by atoms with E-state index < -0.39 is 11.7 Å². The largest absolute Gasteiger partial charge is 0.416 e. The number of nitrogens with zero attached hydrogens (tertiary/aromatic N) is 2. The zero-order valence-corrected chi connectivity index (χ0v) is 14.1. The quantitative estimate of drug-likeness (QED) is 0.728. The normalized spacial score (nSPS) is 18.7. The highest BCUT2D eigenvalue weighted by molar-refractivity contribution is 7.22. The number of aromatic nitrogens is 1. The van der Waals surface area contributed by atoms with Crippen molar-refractivity contribution in [2.45, 2.75) is 12.2 Å². The van der Waals surface area contributed by atoms with Crippen LogP contribution in [0, 0.1) is 0 Å². The van der Waals surface area contributed by atoms with Gasteiger partial charge in [-0.2, -0.15) is 13.2 Å². The third-order valence-electron chi connectivity index (χ3n) is 4.35. The van der Waals surface area contributed by atoms with Crippen LogP contribution < -0.4 is 10.2 Å². The van der Waals surface area contributed by atoms with E-state index in [0.29, 0.717) is 10.2 Å². The van der Waals surface area contributed by atoms with Gasteiger partial charge in [0.25, 0.3) is 0 Å². The number of hydrogen-bond donors (Lipinski definition) is 1. The molecule has 25 heavy (non-hydrogen) atoms. The molecule has 0 saturated carbocycles. The molecule has 0 radical (unpaired) electrons. The molecule has 130 valence electrons. The van der Waals surface area contributed by atoms with Crippen molar-refractivity contribution in [1.29, 1.82) is 0 Å². The van der Waals surface area contributed by atoms with Crippen LogP contribution in [0.25, 0.3) is 10.2 Å². The highest BCUT2D eigenvalue weighted by atomic mass is 32.1. The van der Waals surface area contributed by atoms with Gasteiger partial charge < -0.3 is 10.2 Å². The molecule has 3 aromatic rings. The molecular weight excluding hydrogens is 347 g/mol. The average Bonchev–Trinajstić information content (AvgIpc) is 3.05. The maximum Gasteiger partial charge on any atom is 0.416 e. The average molecular weight is 363 g/mol. The summed E-state index contributed by atoms with van der Waals surface area (Å²) in [6.45, 7) is 2.34. The Labute approximate surface area is 147 Å². The second kappa shape index (κ2) is 6.31. The van der Waals surface area contributed by atoms with Crippen molar-refractivity contribution in [2.75, 3.05) is 24.5 Å². The number of nitrogens with one attached hydrogen (secondary N) is 1. The Morgan fingerprint density at radius 3 is 2.68 bits per heavy atom. The fourth-order valence-corrected chi connectivity index (χ4v) is 4.10. The van der Waals surface area contributed by atoms with E-state index in [0.717, 1.165) is 30.8 Å².